The molecule has 1 atom stereocenters. The molecule has 1 heterocycles. The van der Waals surface area contributed by atoms with Crippen molar-refractivity contribution in [1.29, 1.82) is 0 Å². The van der Waals surface area contributed by atoms with Gasteiger partial charge in [0.2, 0.25) is 5.91 Å². The number of amides is 2. The summed E-state index contributed by atoms with van der Waals surface area (Å²) in [5.74, 6) is 0.408. The fourth-order valence-corrected chi connectivity index (χ4v) is 2.98. The van der Waals surface area contributed by atoms with E-state index in [1.54, 1.807) is 17.0 Å². The number of nitrogens with one attached hydrogen (secondary N) is 1. The zero-order valence-corrected chi connectivity index (χ0v) is 16.1. The highest BCUT2D eigenvalue weighted by atomic mass is 79.9. The molecular formula is C18H25BrN2O3. The van der Waals surface area contributed by atoms with Gasteiger partial charge in [-0.2, -0.15) is 0 Å². The monoisotopic (exact) mass is 396 g/mol. The first-order chi connectivity index (χ1) is 11.3. The highest BCUT2D eigenvalue weighted by Crippen LogP contribution is 2.20. The SMILES string of the molecule is CC(C)(C)NC(=O)C1CCCCN1C(=O)COc1ccc(Br)cc1. The molecule has 1 aliphatic heterocycles. The van der Waals surface area contributed by atoms with E-state index in [-0.39, 0.29) is 24.0 Å². The Balaban J connectivity index is 1.97. The van der Waals surface area contributed by atoms with Gasteiger partial charge in [0.1, 0.15) is 11.8 Å². The predicted octanol–water partition coefficient (Wildman–Crippen LogP) is 3.12. The molecule has 1 N–H and O–H groups in total. The average molecular weight is 397 g/mol. The molecule has 0 bridgehead atoms. The molecule has 0 aliphatic carbocycles. The molecule has 0 saturated carbocycles. The molecule has 1 aliphatic rings. The van der Waals surface area contributed by atoms with E-state index in [4.69, 9.17) is 4.74 Å². The predicted molar refractivity (Wildman–Crippen MR) is 96.9 cm³/mol. The lowest BCUT2D eigenvalue weighted by atomic mass is 9.99. The summed E-state index contributed by atoms with van der Waals surface area (Å²) in [6.07, 6.45) is 2.58. The number of likely N-dealkylation sites (tertiary alicyclic amines) is 1. The number of piperidine rings is 1. The van der Waals surface area contributed by atoms with Gasteiger partial charge in [0.25, 0.3) is 5.91 Å². The molecule has 1 saturated heterocycles. The van der Waals surface area contributed by atoms with Crippen molar-refractivity contribution in [2.24, 2.45) is 0 Å². The number of hydrogen-bond donors (Lipinski definition) is 1. The van der Waals surface area contributed by atoms with Gasteiger partial charge in [0.15, 0.2) is 6.61 Å². The van der Waals surface area contributed by atoms with Gasteiger partial charge in [0.05, 0.1) is 0 Å². The Hall–Kier alpha value is -1.56. The van der Waals surface area contributed by atoms with Crippen LogP contribution in [-0.4, -0.2) is 41.4 Å². The van der Waals surface area contributed by atoms with Gasteiger partial charge in [-0.15, -0.1) is 0 Å². The maximum absolute atomic E-state index is 12.5. The number of ether oxygens (including phenoxy) is 1. The van der Waals surface area contributed by atoms with E-state index >= 15 is 0 Å². The molecule has 5 nitrogen and oxygen atoms in total. The van der Waals surface area contributed by atoms with Crippen molar-refractivity contribution in [2.75, 3.05) is 13.2 Å². The summed E-state index contributed by atoms with van der Waals surface area (Å²) in [4.78, 5) is 26.7. The second kappa shape index (κ2) is 8.01. The smallest absolute Gasteiger partial charge is 0.261 e. The molecule has 0 aromatic heterocycles. The first-order valence-electron chi connectivity index (χ1n) is 8.26. The number of rotatable bonds is 4. The fraction of sp³-hybridized carbons (Fsp3) is 0.556. The highest BCUT2D eigenvalue weighted by molar-refractivity contribution is 9.10. The molecular weight excluding hydrogens is 372 g/mol. The normalized spacial score (nSPS) is 18.2. The zero-order valence-electron chi connectivity index (χ0n) is 14.5. The summed E-state index contributed by atoms with van der Waals surface area (Å²) >= 11 is 3.36. The third-order valence-corrected chi connectivity index (χ3v) is 4.33. The average Bonchev–Trinajstić information content (AvgIpc) is 2.52. The summed E-state index contributed by atoms with van der Waals surface area (Å²) in [6.45, 7) is 6.37. The van der Waals surface area contributed by atoms with E-state index in [0.717, 1.165) is 17.3 Å². The van der Waals surface area contributed by atoms with Crippen LogP contribution < -0.4 is 10.1 Å². The highest BCUT2D eigenvalue weighted by Gasteiger charge is 2.33. The molecule has 0 spiro atoms. The van der Waals surface area contributed by atoms with Crippen molar-refractivity contribution in [3.63, 3.8) is 0 Å². The van der Waals surface area contributed by atoms with Crippen LogP contribution in [0, 0.1) is 0 Å². The van der Waals surface area contributed by atoms with Crippen molar-refractivity contribution in [3.8, 4) is 5.75 Å². The Kier molecular flexibility index (Phi) is 6.27. The number of carbonyl (C=O) groups excluding carboxylic acids is 2. The molecule has 1 aromatic rings. The van der Waals surface area contributed by atoms with Crippen LogP contribution in [0.4, 0.5) is 0 Å². The minimum Gasteiger partial charge on any atom is -0.484 e. The Bertz CT molecular complexity index is 581. The van der Waals surface area contributed by atoms with Crippen LogP contribution >= 0.6 is 15.9 Å². The third-order valence-electron chi connectivity index (χ3n) is 3.80. The lowest BCUT2D eigenvalue weighted by molar-refractivity contribution is -0.144. The van der Waals surface area contributed by atoms with Crippen molar-refractivity contribution in [1.82, 2.24) is 10.2 Å². The first-order valence-corrected chi connectivity index (χ1v) is 9.05. The molecule has 24 heavy (non-hydrogen) atoms. The van der Waals surface area contributed by atoms with Crippen LogP contribution in [0.15, 0.2) is 28.7 Å². The molecule has 1 aromatic carbocycles. The van der Waals surface area contributed by atoms with E-state index in [1.165, 1.54) is 0 Å². The van der Waals surface area contributed by atoms with Gasteiger partial charge in [-0.3, -0.25) is 9.59 Å². The summed E-state index contributed by atoms with van der Waals surface area (Å²) in [7, 11) is 0. The Morgan fingerprint density at radius 1 is 1.25 bits per heavy atom. The molecule has 1 fully saturated rings. The summed E-state index contributed by atoms with van der Waals surface area (Å²) in [5, 5.41) is 2.97. The van der Waals surface area contributed by atoms with Gasteiger partial charge in [-0.1, -0.05) is 15.9 Å². The molecule has 0 radical (unpaired) electrons. The molecule has 2 amide bonds. The first kappa shape index (κ1) is 18.8. The van der Waals surface area contributed by atoms with Crippen LogP contribution in [0.3, 0.4) is 0 Å². The summed E-state index contributed by atoms with van der Waals surface area (Å²) in [6, 6.07) is 6.92. The van der Waals surface area contributed by atoms with Gasteiger partial charge in [0, 0.05) is 16.6 Å². The van der Waals surface area contributed by atoms with E-state index in [2.05, 4.69) is 21.2 Å². The molecule has 2 rings (SSSR count). The van der Waals surface area contributed by atoms with Crippen LogP contribution in [0.5, 0.6) is 5.75 Å². The number of benzene rings is 1. The van der Waals surface area contributed by atoms with Crippen LogP contribution in [0.1, 0.15) is 40.0 Å². The largest absolute Gasteiger partial charge is 0.484 e. The summed E-state index contributed by atoms with van der Waals surface area (Å²) < 4.78 is 6.52. The second-order valence-corrected chi connectivity index (χ2v) is 8.00. The number of halogens is 1. The lowest BCUT2D eigenvalue weighted by Gasteiger charge is -2.36. The molecule has 6 heteroatoms. The van der Waals surface area contributed by atoms with E-state index < -0.39 is 6.04 Å². The van der Waals surface area contributed by atoms with Crippen molar-refractivity contribution in [2.45, 2.75) is 51.6 Å². The van der Waals surface area contributed by atoms with Crippen LogP contribution in [0.25, 0.3) is 0 Å². The summed E-state index contributed by atoms with van der Waals surface area (Å²) in [5.41, 5.74) is -0.308. The Labute approximate surface area is 151 Å². The van der Waals surface area contributed by atoms with Gasteiger partial charge in [-0.05, 0) is 64.3 Å². The van der Waals surface area contributed by atoms with Crippen molar-refractivity contribution >= 4 is 27.7 Å². The number of nitrogens with zero attached hydrogens (tertiary/aromatic N) is 1. The maximum Gasteiger partial charge on any atom is 0.261 e. The van der Waals surface area contributed by atoms with E-state index in [1.807, 2.05) is 32.9 Å². The van der Waals surface area contributed by atoms with Gasteiger partial charge < -0.3 is 15.0 Å². The number of hydrogen-bond acceptors (Lipinski definition) is 3. The van der Waals surface area contributed by atoms with E-state index in [9.17, 15) is 9.59 Å². The van der Waals surface area contributed by atoms with Gasteiger partial charge >= 0.3 is 0 Å². The van der Waals surface area contributed by atoms with E-state index in [0.29, 0.717) is 18.7 Å². The topological polar surface area (TPSA) is 58.6 Å². The standard InChI is InChI=1S/C18H25BrN2O3/c1-18(2,3)20-17(23)15-6-4-5-11-21(15)16(22)12-24-14-9-7-13(19)8-10-14/h7-10,15H,4-6,11-12H2,1-3H3,(H,20,23). The fourth-order valence-electron chi connectivity index (χ4n) is 2.71. The Morgan fingerprint density at radius 2 is 1.92 bits per heavy atom. The molecule has 1 unspecified atom stereocenters. The van der Waals surface area contributed by atoms with Crippen molar-refractivity contribution < 1.29 is 14.3 Å². The minimum atomic E-state index is -0.404. The lowest BCUT2D eigenvalue weighted by Crippen LogP contribution is -2.56. The quantitative estimate of drug-likeness (QED) is 0.850. The Morgan fingerprint density at radius 3 is 2.54 bits per heavy atom. The molecule has 132 valence electrons. The second-order valence-electron chi connectivity index (χ2n) is 7.08. The third kappa shape index (κ3) is 5.51. The van der Waals surface area contributed by atoms with Crippen molar-refractivity contribution in [3.05, 3.63) is 28.7 Å². The minimum absolute atomic E-state index is 0.0546. The zero-order chi connectivity index (χ0) is 17.7. The van der Waals surface area contributed by atoms with Gasteiger partial charge in [-0.25, -0.2) is 0 Å². The maximum atomic E-state index is 12.5. The van der Waals surface area contributed by atoms with Crippen LogP contribution in [0.2, 0.25) is 0 Å². The number of carbonyl (C=O) groups is 2. The van der Waals surface area contributed by atoms with Crippen LogP contribution in [-0.2, 0) is 9.59 Å².